The van der Waals surface area contributed by atoms with Crippen LogP contribution in [0.5, 0.6) is 0 Å². The third kappa shape index (κ3) is 3.94. The van der Waals surface area contributed by atoms with Gasteiger partial charge in [-0.1, -0.05) is 12.1 Å². The second kappa shape index (κ2) is 7.54. The summed E-state index contributed by atoms with van der Waals surface area (Å²) >= 11 is 3.55. The fourth-order valence-corrected chi connectivity index (χ4v) is 3.81. The Morgan fingerprint density at radius 1 is 1.09 bits per heavy atom. The number of benzene rings is 1. The lowest BCUT2D eigenvalue weighted by Gasteiger charge is -2.10. The zero-order valence-corrected chi connectivity index (χ0v) is 13.6. The summed E-state index contributed by atoms with van der Waals surface area (Å²) in [5.41, 5.74) is 2.45. The highest BCUT2D eigenvalue weighted by atomic mass is 32.2. The van der Waals surface area contributed by atoms with Crippen LogP contribution in [0.1, 0.15) is 17.1 Å². The maximum atomic E-state index is 9.02. The van der Waals surface area contributed by atoms with Gasteiger partial charge in [0.05, 0.1) is 6.54 Å². The summed E-state index contributed by atoms with van der Waals surface area (Å²) in [5, 5.41) is 16.7. The van der Waals surface area contributed by atoms with Gasteiger partial charge in [-0.05, 0) is 46.7 Å². The first kappa shape index (κ1) is 15.2. The molecule has 0 saturated carbocycles. The average molecular weight is 331 g/mol. The molecule has 5 heteroatoms. The predicted molar refractivity (Wildman–Crippen MR) is 92.3 cm³/mol. The van der Waals surface area contributed by atoms with Crippen molar-refractivity contribution in [1.29, 1.82) is 0 Å². The predicted octanol–water partition coefficient (Wildman–Crippen LogP) is 4.74. The molecule has 3 aromatic rings. The van der Waals surface area contributed by atoms with Gasteiger partial charge in [0.2, 0.25) is 0 Å². The Morgan fingerprint density at radius 3 is 2.73 bits per heavy atom. The first-order chi connectivity index (χ1) is 10.8. The third-order valence-corrected chi connectivity index (χ3v) is 5.06. The molecule has 2 N–H and O–H groups in total. The minimum atomic E-state index is -0.0624. The van der Waals surface area contributed by atoms with Gasteiger partial charge in [0.15, 0.2) is 0 Å². The van der Waals surface area contributed by atoms with Crippen LogP contribution in [0, 0.1) is 0 Å². The monoisotopic (exact) mass is 331 g/mol. The van der Waals surface area contributed by atoms with E-state index < -0.39 is 0 Å². The van der Waals surface area contributed by atoms with E-state index in [1.54, 1.807) is 17.4 Å². The minimum Gasteiger partial charge on any atom is -0.462 e. The van der Waals surface area contributed by atoms with Crippen LogP contribution < -0.4 is 5.32 Å². The third-order valence-electron chi connectivity index (χ3n) is 3.19. The average Bonchev–Trinajstić information content (AvgIpc) is 3.23. The molecule has 3 nitrogen and oxygen atoms in total. The quantitative estimate of drug-likeness (QED) is 0.614. The molecule has 0 fully saturated rings. The Bertz CT molecular complexity index is 707. The molecular formula is C17H17NO2S2. The van der Waals surface area contributed by atoms with E-state index in [1.807, 2.05) is 23.9 Å². The first-order valence-electron chi connectivity index (χ1n) is 7.00. The van der Waals surface area contributed by atoms with Crippen LogP contribution in [0.2, 0.25) is 0 Å². The van der Waals surface area contributed by atoms with Crippen molar-refractivity contribution in [2.75, 3.05) is 5.32 Å². The van der Waals surface area contributed by atoms with Crippen LogP contribution in [-0.2, 0) is 18.9 Å². The number of nitrogens with one attached hydrogen (secondary N) is 1. The van der Waals surface area contributed by atoms with Crippen molar-refractivity contribution in [3.8, 4) is 0 Å². The highest BCUT2D eigenvalue weighted by Gasteiger charge is 2.05. The van der Waals surface area contributed by atoms with Crippen molar-refractivity contribution in [2.45, 2.75) is 23.8 Å². The summed E-state index contributed by atoms with van der Waals surface area (Å²) in [6.45, 7) is 0.545. The molecule has 3 rings (SSSR count). The summed E-state index contributed by atoms with van der Waals surface area (Å²) in [4.78, 5) is 1.22. The summed E-state index contributed by atoms with van der Waals surface area (Å²) in [7, 11) is 0. The molecule has 1 aromatic carbocycles. The first-order valence-corrected chi connectivity index (χ1v) is 8.93. The van der Waals surface area contributed by atoms with E-state index in [-0.39, 0.29) is 6.61 Å². The van der Waals surface area contributed by atoms with Gasteiger partial charge < -0.3 is 14.8 Å². The SMILES string of the molecule is OCc1ccc(CNc2ccccc2SCc2ccsc2)o1. The van der Waals surface area contributed by atoms with E-state index in [2.05, 4.69) is 40.3 Å². The van der Waals surface area contributed by atoms with Crippen LogP contribution >= 0.6 is 23.1 Å². The van der Waals surface area contributed by atoms with E-state index in [1.165, 1.54) is 10.5 Å². The molecule has 2 aromatic heterocycles. The number of para-hydroxylation sites is 1. The molecule has 0 aliphatic heterocycles. The van der Waals surface area contributed by atoms with Crippen LogP contribution in [-0.4, -0.2) is 5.11 Å². The van der Waals surface area contributed by atoms with Gasteiger partial charge in [-0.3, -0.25) is 0 Å². The van der Waals surface area contributed by atoms with Crippen molar-refractivity contribution < 1.29 is 9.52 Å². The number of thiophene rings is 1. The Balaban J connectivity index is 1.63. The zero-order chi connectivity index (χ0) is 15.2. The fourth-order valence-electron chi connectivity index (χ4n) is 2.06. The van der Waals surface area contributed by atoms with Crippen molar-refractivity contribution in [2.24, 2.45) is 0 Å². The molecule has 22 heavy (non-hydrogen) atoms. The molecule has 0 aliphatic rings. The molecule has 0 aliphatic carbocycles. The Labute approximate surface area is 138 Å². The van der Waals surface area contributed by atoms with Crippen LogP contribution in [0.25, 0.3) is 0 Å². The molecule has 114 valence electrons. The number of hydrogen-bond acceptors (Lipinski definition) is 5. The van der Waals surface area contributed by atoms with E-state index >= 15 is 0 Å². The highest BCUT2D eigenvalue weighted by molar-refractivity contribution is 7.98. The summed E-state index contributed by atoms with van der Waals surface area (Å²) in [6.07, 6.45) is 0. The van der Waals surface area contributed by atoms with Gasteiger partial charge in [-0.2, -0.15) is 11.3 Å². The maximum Gasteiger partial charge on any atom is 0.129 e. The largest absolute Gasteiger partial charge is 0.462 e. The summed E-state index contributed by atoms with van der Waals surface area (Å²) in [6, 6.07) is 14.1. The maximum absolute atomic E-state index is 9.02. The second-order valence-electron chi connectivity index (χ2n) is 4.80. The molecule has 2 heterocycles. The molecule has 0 saturated heterocycles. The summed E-state index contributed by atoms with van der Waals surface area (Å²) in [5.74, 6) is 2.39. The van der Waals surface area contributed by atoms with Gasteiger partial charge in [-0.25, -0.2) is 0 Å². The molecule has 0 amide bonds. The van der Waals surface area contributed by atoms with Gasteiger partial charge in [0, 0.05) is 16.3 Å². The lowest BCUT2D eigenvalue weighted by molar-refractivity contribution is 0.244. The molecule has 0 unspecified atom stereocenters. The Kier molecular flexibility index (Phi) is 5.21. The number of rotatable bonds is 7. The molecular weight excluding hydrogens is 314 g/mol. The topological polar surface area (TPSA) is 45.4 Å². The minimum absolute atomic E-state index is 0.0624. The number of hydrogen-bond donors (Lipinski definition) is 2. The van der Waals surface area contributed by atoms with E-state index in [4.69, 9.17) is 9.52 Å². The Morgan fingerprint density at radius 2 is 1.95 bits per heavy atom. The van der Waals surface area contributed by atoms with E-state index in [0.29, 0.717) is 12.3 Å². The lowest BCUT2D eigenvalue weighted by Crippen LogP contribution is -1.99. The summed E-state index contributed by atoms with van der Waals surface area (Å²) < 4.78 is 5.50. The number of aliphatic hydroxyl groups is 1. The normalized spacial score (nSPS) is 10.8. The number of aliphatic hydroxyl groups excluding tert-OH is 1. The molecule has 0 bridgehead atoms. The number of thioether (sulfide) groups is 1. The molecule has 0 radical (unpaired) electrons. The molecule has 0 atom stereocenters. The van der Waals surface area contributed by atoms with Gasteiger partial charge >= 0.3 is 0 Å². The van der Waals surface area contributed by atoms with Crippen molar-refractivity contribution in [1.82, 2.24) is 0 Å². The molecule has 0 spiro atoms. The number of furan rings is 1. The second-order valence-corrected chi connectivity index (χ2v) is 6.59. The van der Waals surface area contributed by atoms with E-state index in [9.17, 15) is 0 Å². The smallest absolute Gasteiger partial charge is 0.129 e. The number of anilines is 1. The Hall–Kier alpha value is -1.69. The van der Waals surface area contributed by atoms with Gasteiger partial charge in [0.25, 0.3) is 0 Å². The van der Waals surface area contributed by atoms with Crippen LogP contribution in [0.3, 0.4) is 0 Å². The fraction of sp³-hybridized carbons (Fsp3) is 0.176. The van der Waals surface area contributed by atoms with Crippen molar-refractivity contribution in [3.05, 3.63) is 70.3 Å². The van der Waals surface area contributed by atoms with Crippen molar-refractivity contribution in [3.63, 3.8) is 0 Å². The van der Waals surface area contributed by atoms with Crippen LogP contribution in [0.4, 0.5) is 5.69 Å². The standard InChI is InChI=1S/C17H17NO2S2/c19-10-15-6-5-14(20-15)9-18-16-3-1-2-4-17(16)22-12-13-7-8-21-11-13/h1-8,11,18-19H,9-10,12H2. The van der Waals surface area contributed by atoms with Crippen molar-refractivity contribution >= 4 is 28.8 Å². The van der Waals surface area contributed by atoms with Gasteiger partial charge in [0.1, 0.15) is 18.1 Å². The van der Waals surface area contributed by atoms with Gasteiger partial charge in [-0.15, -0.1) is 11.8 Å². The van der Waals surface area contributed by atoms with E-state index in [0.717, 1.165) is 17.2 Å². The zero-order valence-electron chi connectivity index (χ0n) is 12.0. The lowest BCUT2D eigenvalue weighted by atomic mass is 10.3. The van der Waals surface area contributed by atoms with Crippen LogP contribution in [0.15, 0.2) is 62.5 Å². The highest BCUT2D eigenvalue weighted by Crippen LogP contribution is 2.30.